The molecule has 1 aromatic carbocycles. The molecule has 4 N–H and O–H groups in total. The van der Waals surface area contributed by atoms with Crippen molar-refractivity contribution in [2.45, 2.75) is 12.0 Å². The van der Waals surface area contributed by atoms with Crippen LogP contribution in [0.2, 0.25) is 0 Å². The van der Waals surface area contributed by atoms with E-state index in [2.05, 4.69) is 4.99 Å². The number of carbonyl (C=O) groups is 2. The van der Waals surface area contributed by atoms with Gasteiger partial charge in [0.2, 0.25) is 11.8 Å². The maximum Gasteiger partial charge on any atom is 0.269 e. The highest BCUT2D eigenvalue weighted by Crippen LogP contribution is 2.38. The predicted octanol–water partition coefficient (Wildman–Crippen LogP) is 0.231. The third kappa shape index (κ3) is 3.58. The highest BCUT2D eigenvalue weighted by molar-refractivity contribution is 5.93. The van der Waals surface area contributed by atoms with Gasteiger partial charge in [0.25, 0.3) is 6.43 Å². The fourth-order valence-electron chi connectivity index (χ4n) is 2.65. The Bertz CT molecular complexity index is 726. The summed E-state index contributed by atoms with van der Waals surface area (Å²) in [5.74, 6) is -2.79. The zero-order valence-electron chi connectivity index (χ0n) is 13.3. The average Bonchev–Trinajstić information content (AvgIpc) is 2.54. The molecule has 1 heterocycles. The first-order valence-corrected chi connectivity index (χ1v) is 7.20. The monoisotopic (exact) mass is 358 g/mol. The number of halogens is 3. The molecule has 0 saturated carbocycles. The van der Waals surface area contributed by atoms with Crippen LogP contribution in [0.3, 0.4) is 0 Å². The third-order valence-corrected chi connectivity index (χ3v) is 3.83. The predicted molar refractivity (Wildman–Crippen MR) is 82.7 cm³/mol. The van der Waals surface area contributed by atoms with Crippen molar-refractivity contribution in [1.29, 1.82) is 0 Å². The van der Waals surface area contributed by atoms with Gasteiger partial charge in [-0.05, 0) is 18.2 Å². The van der Waals surface area contributed by atoms with Gasteiger partial charge in [-0.2, -0.15) is 0 Å². The van der Waals surface area contributed by atoms with E-state index in [1.807, 2.05) is 0 Å². The summed E-state index contributed by atoms with van der Waals surface area (Å²) < 4.78 is 46.9. The Labute approximate surface area is 141 Å². The van der Waals surface area contributed by atoms with Gasteiger partial charge in [0.05, 0.1) is 13.1 Å². The summed E-state index contributed by atoms with van der Waals surface area (Å²) in [6.07, 6.45) is -3.19. The van der Waals surface area contributed by atoms with E-state index in [0.29, 0.717) is 0 Å². The molecule has 0 aromatic heterocycles. The van der Waals surface area contributed by atoms with E-state index in [-0.39, 0.29) is 24.6 Å². The maximum absolute atomic E-state index is 14.3. The molecule has 25 heavy (non-hydrogen) atoms. The number of aliphatic imine (C=N–C) groups is 1. The Balaban J connectivity index is 2.59. The third-order valence-electron chi connectivity index (χ3n) is 3.83. The summed E-state index contributed by atoms with van der Waals surface area (Å²) in [6.45, 7) is -1.16. The number of methoxy groups -OCH3 is 1. The van der Waals surface area contributed by atoms with Gasteiger partial charge in [-0.3, -0.25) is 14.6 Å². The number of carbonyl (C=O) groups excluding carboxylic acids is 2. The average molecular weight is 358 g/mol. The van der Waals surface area contributed by atoms with Crippen molar-refractivity contribution in [2.24, 2.45) is 16.5 Å². The Hall–Kier alpha value is -2.62. The molecule has 1 unspecified atom stereocenters. The molecule has 1 aliphatic rings. The van der Waals surface area contributed by atoms with Crippen LogP contribution in [-0.4, -0.2) is 55.8 Å². The summed E-state index contributed by atoms with van der Waals surface area (Å²) >= 11 is 0. The molecule has 0 fully saturated rings. The van der Waals surface area contributed by atoms with Gasteiger partial charge in [-0.15, -0.1) is 0 Å². The standard InChI is InChI=1S/C15H17F3N4O3/c1-25-6-12(23)22-5-11(19)21-15(7-22,14(17)18)9-4-8(13(20)24)2-3-10(9)16/h2-4,14H,5-7H2,1H3,(H2,19,21)(H2,20,24). The molecule has 0 radical (unpaired) electrons. The molecule has 1 aliphatic heterocycles. The largest absolute Gasteiger partial charge is 0.386 e. The smallest absolute Gasteiger partial charge is 0.269 e. The molecule has 1 aromatic rings. The normalized spacial score (nSPS) is 20.5. The fraction of sp³-hybridized carbons (Fsp3) is 0.400. The second-order valence-corrected chi connectivity index (χ2v) is 5.57. The molecule has 0 spiro atoms. The number of alkyl halides is 2. The molecule has 2 amide bonds. The number of nitrogens with two attached hydrogens (primary N) is 2. The molecular formula is C15H17F3N4O3. The first-order valence-electron chi connectivity index (χ1n) is 7.20. The van der Waals surface area contributed by atoms with Gasteiger partial charge in [0.1, 0.15) is 18.3 Å². The van der Waals surface area contributed by atoms with Crippen LogP contribution in [0.15, 0.2) is 23.2 Å². The second-order valence-electron chi connectivity index (χ2n) is 5.57. The van der Waals surface area contributed by atoms with Crippen molar-refractivity contribution in [3.05, 3.63) is 35.1 Å². The van der Waals surface area contributed by atoms with Crippen LogP contribution in [0.4, 0.5) is 13.2 Å². The summed E-state index contributed by atoms with van der Waals surface area (Å²) in [5, 5.41) is 0. The summed E-state index contributed by atoms with van der Waals surface area (Å²) in [6, 6.07) is 2.83. The maximum atomic E-state index is 14.3. The molecule has 1 atom stereocenters. The summed E-state index contributed by atoms with van der Waals surface area (Å²) in [7, 11) is 1.27. The van der Waals surface area contributed by atoms with E-state index in [1.54, 1.807) is 0 Å². The number of ether oxygens (including phenoxy) is 1. The number of rotatable bonds is 5. The lowest BCUT2D eigenvalue weighted by molar-refractivity contribution is -0.136. The lowest BCUT2D eigenvalue weighted by Gasteiger charge is -2.39. The molecule has 136 valence electrons. The van der Waals surface area contributed by atoms with E-state index in [0.717, 1.165) is 23.1 Å². The number of amidine groups is 1. The number of primary amides is 1. The van der Waals surface area contributed by atoms with Crippen LogP contribution < -0.4 is 11.5 Å². The van der Waals surface area contributed by atoms with Gasteiger partial charge in [-0.25, -0.2) is 13.2 Å². The first-order chi connectivity index (χ1) is 11.7. The Kier molecular flexibility index (Phi) is 5.31. The highest BCUT2D eigenvalue weighted by Gasteiger charge is 2.48. The quantitative estimate of drug-likeness (QED) is 0.785. The van der Waals surface area contributed by atoms with Crippen molar-refractivity contribution in [3.8, 4) is 0 Å². The number of amides is 2. The lowest BCUT2D eigenvalue weighted by Crippen LogP contribution is -2.55. The lowest BCUT2D eigenvalue weighted by atomic mass is 9.87. The summed E-state index contributed by atoms with van der Waals surface area (Å²) in [5.41, 5.74) is 7.60. The summed E-state index contributed by atoms with van der Waals surface area (Å²) in [4.78, 5) is 28.1. The minimum atomic E-state index is -3.19. The zero-order chi connectivity index (χ0) is 18.8. The van der Waals surface area contributed by atoms with E-state index >= 15 is 0 Å². The topological polar surface area (TPSA) is 111 Å². The minimum absolute atomic E-state index is 0.162. The molecule has 2 rings (SSSR count). The van der Waals surface area contributed by atoms with Gasteiger partial charge in [0.15, 0.2) is 5.54 Å². The van der Waals surface area contributed by atoms with Gasteiger partial charge in [-0.1, -0.05) is 0 Å². The van der Waals surface area contributed by atoms with E-state index in [1.165, 1.54) is 7.11 Å². The molecule has 0 bridgehead atoms. The number of nitrogens with zero attached hydrogens (tertiary/aromatic N) is 2. The van der Waals surface area contributed by atoms with E-state index in [9.17, 15) is 22.8 Å². The van der Waals surface area contributed by atoms with Crippen molar-refractivity contribution < 1.29 is 27.5 Å². The van der Waals surface area contributed by atoms with Crippen LogP contribution >= 0.6 is 0 Å². The van der Waals surface area contributed by atoms with Gasteiger partial charge in [0, 0.05) is 18.2 Å². The number of benzene rings is 1. The number of hydrogen-bond acceptors (Lipinski definition) is 5. The van der Waals surface area contributed by atoms with Crippen LogP contribution in [0, 0.1) is 5.82 Å². The van der Waals surface area contributed by atoms with E-state index < -0.39 is 41.7 Å². The molecule has 0 saturated heterocycles. The zero-order valence-corrected chi connectivity index (χ0v) is 13.3. The second kappa shape index (κ2) is 7.09. The Morgan fingerprint density at radius 1 is 1.44 bits per heavy atom. The van der Waals surface area contributed by atoms with E-state index in [4.69, 9.17) is 16.2 Å². The fourth-order valence-corrected chi connectivity index (χ4v) is 2.65. The van der Waals surface area contributed by atoms with Crippen molar-refractivity contribution >= 4 is 17.6 Å². The molecule has 0 aliphatic carbocycles. The molecule has 7 nitrogen and oxygen atoms in total. The van der Waals surface area contributed by atoms with Crippen LogP contribution in [0.25, 0.3) is 0 Å². The SMILES string of the molecule is COCC(=O)N1CC(N)=NC(c2cc(C(N)=O)ccc2F)(C(F)F)C1. The minimum Gasteiger partial charge on any atom is -0.386 e. The van der Waals surface area contributed by atoms with Crippen molar-refractivity contribution in [3.63, 3.8) is 0 Å². The molecular weight excluding hydrogens is 341 g/mol. The first kappa shape index (κ1) is 18.7. The van der Waals surface area contributed by atoms with Crippen molar-refractivity contribution in [2.75, 3.05) is 26.8 Å². The van der Waals surface area contributed by atoms with Crippen molar-refractivity contribution in [1.82, 2.24) is 4.90 Å². The van der Waals surface area contributed by atoms with Crippen LogP contribution in [-0.2, 0) is 15.1 Å². The van der Waals surface area contributed by atoms with Gasteiger partial charge >= 0.3 is 0 Å². The van der Waals surface area contributed by atoms with Gasteiger partial charge < -0.3 is 21.1 Å². The molecule has 10 heteroatoms. The van der Waals surface area contributed by atoms with Crippen LogP contribution in [0.5, 0.6) is 0 Å². The Morgan fingerprint density at radius 3 is 2.68 bits per heavy atom. The Morgan fingerprint density at radius 2 is 2.12 bits per heavy atom. The number of hydrogen-bond donors (Lipinski definition) is 2. The van der Waals surface area contributed by atoms with Crippen LogP contribution in [0.1, 0.15) is 15.9 Å². The highest BCUT2D eigenvalue weighted by atomic mass is 19.3.